The maximum atomic E-state index is 14.4. The second-order valence-corrected chi connectivity index (χ2v) is 15.7. The van der Waals surface area contributed by atoms with Crippen LogP contribution in [-0.4, -0.2) is 63.0 Å². The number of rotatable bonds is 8. The minimum atomic E-state index is -3.40. The van der Waals surface area contributed by atoms with Gasteiger partial charge in [-0.05, 0) is 77.9 Å². The Morgan fingerprint density at radius 2 is 1.07 bits per heavy atom. The van der Waals surface area contributed by atoms with Crippen molar-refractivity contribution in [2.75, 3.05) is 7.05 Å². The standard InChI is InChI=1S/C34H37N2O7P/c1-33(2,3)42-30(39)26(36-29(38)28(37)35(7)32(36)41)27(31(40)43-34(4,5)6)44(23-17-11-8-12-18-23,24-19-13-9-14-20-24)25-21-15-10-16-22-25/h8-22,26H,1-7H3/p+1/b31-27-. The van der Waals surface area contributed by atoms with Gasteiger partial charge in [0.1, 0.15) is 27.1 Å². The lowest BCUT2D eigenvalue weighted by molar-refractivity contribution is -0.161. The third-order valence-corrected chi connectivity index (χ3v) is 11.1. The molecule has 4 rings (SSSR count). The molecule has 44 heavy (non-hydrogen) atoms. The number of carbonyl (C=O) groups is 4. The van der Waals surface area contributed by atoms with E-state index in [-0.39, 0.29) is 5.31 Å². The van der Waals surface area contributed by atoms with Crippen molar-refractivity contribution in [2.45, 2.75) is 58.8 Å². The summed E-state index contributed by atoms with van der Waals surface area (Å²) >= 11 is 0. The van der Waals surface area contributed by atoms with Crippen LogP contribution in [0.25, 0.3) is 0 Å². The predicted octanol–water partition coefficient (Wildman–Crippen LogP) is 4.65. The fourth-order valence-electron chi connectivity index (χ4n) is 5.11. The highest BCUT2D eigenvalue weighted by molar-refractivity contribution is 7.99. The molecule has 1 saturated heterocycles. The summed E-state index contributed by atoms with van der Waals surface area (Å²) in [7, 11) is -2.23. The molecule has 1 heterocycles. The maximum absolute atomic E-state index is 14.4. The van der Waals surface area contributed by atoms with Crippen molar-refractivity contribution < 1.29 is 33.8 Å². The van der Waals surface area contributed by atoms with Crippen molar-refractivity contribution in [1.82, 2.24) is 9.80 Å². The third-order valence-electron chi connectivity index (χ3n) is 6.76. The van der Waals surface area contributed by atoms with E-state index in [1.807, 2.05) is 91.0 Å². The summed E-state index contributed by atoms with van der Waals surface area (Å²) in [6, 6.07) is 24.9. The Labute approximate surface area is 258 Å². The number of benzene rings is 3. The normalized spacial score (nSPS) is 15.7. The monoisotopic (exact) mass is 617 g/mol. The zero-order chi connectivity index (χ0) is 32.4. The number of likely N-dealkylation sites (N-methyl/N-ethyl adjacent to an activating group) is 1. The van der Waals surface area contributed by atoms with E-state index in [1.165, 1.54) is 0 Å². The fraction of sp³-hybridized carbons (Fsp3) is 0.294. The van der Waals surface area contributed by atoms with Gasteiger partial charge >= 0.3 is 29.8 Å². The van der Waals surface area contributed by atoms with E-state index in [2.05, 4.69) is 0 Å². The van der Waals surface area contributed by atoms with Gasteiger partial charge in [0.2, 0.25) is 11.4 Å². The van der Waals surface area contributed by atoms with E-state index < -0.39 is 54.3 Å². The van der Waals surface area contributed by atoms with E-state index in [0.717, 1.165) is 7.05 Å². The van der Waals surface area contributed by atoms with Gasteiger partial charge in [-0.15, -0.1) is 0 Å². The SMILES string of the molecule is CN1C(=O)C(=O)N(C(C(=O)OC(C)(C)C)/C(=C(\O)OC(C)(C)C)[P+](c2ccccc2)(c2ccccc2)c2ccccc2)C1=O. The molecule has 1 fully saturated rings. The Hall–Kier alpha value is -4.49. The number of urea groups is 1. The van der Waals surface area contributed by atoms with Gasteiger partial charge in [0.25, 0.3) is 0 Å². The zero-order valence-corrected chi connectivity index (χ0v) is 26.9. The Balaban J connectivity index is 2.26. The van der Waals surface area contributed by atoms with Gasteiger partial charge < -0.3 is 14.6 Å². The largest absolute Gasteiger partial charge is 0.478 e. The minimum absolute atomic E-state index is 0.0601. The molecule has 0 aliphatic carbocycles. The van der Waals surface area contributed by atoms with E-state index in [0.29, 0.717) is 25.7 Å². The van der Waals surface area contributed by atoms with Gasteiger partial charge in [-0.2, -0.15) is 0 Å². The smallest absolute Gasteiger partial charge is 0.338 e. The Morgan fingerprint density at radius 1 is 0.682 bits per heavy atom. The predicted molar refractivity (Wildman–Crippen MR) is 170 cm³/mol. The number of aliphatic hydroxyl groups excluding tert-OH is 1. The molecule has 1 unspecified atom stereocenters. The summed E-state index contributed by atoms with van der Waals surface area (Å²) in [5.41, 5.74) is -2.03. The number of aliphatic hydroxyl groups is 1. The van der Waals surface area contributed by atoms with E-state index >= 15 is 0 Å². The molecule has 1 aliphatic heterocycles. The zero-order valence-electron chi connectivity index (χ0n) is 26.0. The molecule has 1 N–H and O–H groups in total. The quantitative estimate of drug-likeness (QED) is 0.129. The summed E-state index contributed by atoms with van der Waals surface area (Å²) in [5, 5.41) is 14.2. The molecule has 0 spiro atoms. The summed E-state index contributed by atoms with van der Waals surface area (Å²) < 4.78 is 12.0. The van der Waals surface area contributed by atoms with Crippen molar-refractivity contribution in [1.29, 1.82) is 0 Å². The van der Waals surface area contributed by atoms with Crippen molar-refractivity contribution in [2.24, 2.45) is 0 Å². The lowest BCUT2D eigenvalue weighted by Gasteiger charge is -2.36. The Morgan fingerprint density at radius 3 is 1.39 bits per heavy atom. The number of imide groups is 2. The molecule has 9 nitrogen and oxygen atoms in total. The van der Waals surface area contributed by atoms with Crippen molar-refractivity contribution in [3.8, 4) is 0 Å². The number of ether oxygens (including phenoxy) is 2. The van der Waals surface area contributed by atoms with Gasteiger partial charge in [0.15, 0.2) is 7.26 Å². The van der Waals surface area contributed by atoms with Crippen molar-refractivity contribution in [3.05, 3.63) is 102 Å². The molecule has 3 aromatic carbocycles. The molecule has 10 heteroatoms. The van der Waals surface area contributed by atoms with Gasteiger partial charge in [-0.3, -0.25) is 14.5 Å². The highest BCUT2D eigenvalue weighted by atomic mass is 31.2. The molecular formula is C34H38N2O7P+. The van der Waals surface area contributed by atoms with Crippen LogP contribution in [-0.2, 0) is 23.9 Å². The number of nitrogens with zero attached hydrogens (tertiary/aromatic N) is 2. The number of hydrogen-bond donors (Lipinski definition) is 1. The number of esters is 1. The fourth-order valence-corrected chi connectivity index (χ4v) is 9.62. The van der Waals surface area contributed by atoms with Gasteiger partial charge in [-0.1, -0.05) is 54.6 Å². The first-order chi connectivity index (χ1) is 20.6. The first-order valence-corrected chi connectivity index (χ1v) is 15.9. The average Bonchev–Trinajstić information content (AvgIpc) is 3.15. The Bertz CT molecular complexity index is 1480. The topological polar surface area (TPSA) is 113 Å². The molecule has 1 atom stereocenters. The molecule has 4 amide bonds. The van der Waals surface area contributed by atoms with Crippen LogP contribution >= 0.6 is 7.26 Å². The van der Waals surface area contributed by atoms with E-state index in [4.69, 9.17) is 9.47 Å². The highest BCUT2D eigenvalue weighted by Gasteiger charge is 2.62. The van der Waals surface area contributed by atoms with Gasteiger partial charge in [0, 0.05) is 7.05 Å². The van der Waals surface area contributed by atoms with Gasteiger partial charge in [-0.25, -0.2) is 14.5 Å². The molecule has 0 aromatic heterocycles. The van der Waals surface area contributed by atoms with Crippen molar-refractivity contribution >= 4 is 47.0 Å². The van der Waals surface area contributed by atoms with Crippen LogP contribution in [0, 0.1) is 0 Å². The summed E-state index contributed by atoms with van der Waals surface area (Å²) in [6.07, 6.45) is 0. The molecule has 0 radical (unpaired) electrons. The van der Waals surface area contributed by atoms with E-state index in [1.54, 1.807) is 41.5 Å². The van der Waals surface area contributed by atoms with Crippen LogP contribution in [0.2, 0.25) is 0 Å². The van der Waals surface area contributed by atoms with Crippen molar-refractivity contribution in [3.63, 3.8) is 0 Å². The number of hydrogen-bond acceptors (Lipinski definition) is 7. The summed E-state index contributed by atoms with van der Waals surface area (Å²) in [6.45, 7) is 10.1. The molecule has 230 valence electrons. The van der Waals surface area contributed by atoms with Gasteiger partial charge in [0.05, 0.1) is 0 Å². The van der Waals surface area contributed by atoms with E-state index in [9.17, 15) is 24.3 Å². The third kappa shape index (κ3) is 6.24. The molecule has 0 saturated carbocycles. The highest BCUT2D eigenvalue weighted by Crippen LogP contribution is 2.65. The Kier molecular flexibility index (Phi) is 9.03. The second-order valence-electron chi connectivity index (χ2n) is 12.3. The number of carbonyl (C=O) groups excluding carboxylic acids is 4. The van der Waals surface area contributed by atoms with Crippen LogP contribution < -0.4 is 15.9 Å². The van der Waals surface area contributed by atoms with Crippen LogP contribution in [0.4, 0.5) is 4.79 Å². The summed E-state index contributed by atoms with van der Waals surface area (Å²) in [5.74, 6) is -3.99. The number of amides is 4. The second kappa shape index (κ2) is 12.2. The first-order valence-electron chi connectivity index (χ1n) is 14.2. The first kappa shape index (κ1) is 32.4. The average molecular weight is 618 g/mol. The molecule has 1 aliphatic rings. The summed E-state index contributed by atoms with van der Waals surface area (Å²) in [4.78, 5) is 55.7. The lowest BCUT2D eigenvalue weighted by Crippen LogP contribution is -2.52. The molecule has 0 bridgehead atoms. The lowest BCUT2D eigenvalue weighted by atomic mass is 10.1. The van der Waals surface area contributed by atoms with Crippen LogP contribution in [0.3, 0.4) is 0 Å². The minimum Gasteiger partial charge on any atom is -0.478 e. The van der Waals surface area contributed by atoms with Crippen LogP contribution in [0.1, 0.15) is 41.5 Å². The van der Waals surface area contributed by atoms with Crippen LogP contribution in [0.5, 0.6) is 0 Å². The maximum Gasteiger partial charge on any atom is 0.338 e. The molecular weight excluding hydrogens is 579 g/mol. The van der Waals surface area contributed by atoms with Crippen LogP contribution in [0.15, 0.2) is 102 Å². The molecule has 3 aromatic rings.